The lowest BCUT2D eigenvalue weighted by Crippen LogP contribution is -2.59. The van der Waals surface area contributed by atoms with Gasteiger partial charge in [0.2, 0.25) is 5.91 Å². The van der Waals surface area contributed by atoms with E-state index < -0.39 is 29.6 Å². The number of rotatable bonds is 10. The number of aliphatic carboxylic acids is 1. The highest BCUT2D eigenvalue weighted by atomic mass is 16.5. The van der Waals surface area contributed by atoms with Crippen molar-refractivity contribution in [3.8, 4) is 11.1 Å². The minimum atomic E-state index is -1.09. The number of nitrogens with one attached hydrogen (secondary N) is 2. The number of carboxylic acids is 1. The van der Waals surface area contributed by atoms with Gasteiger partial charge in [0.25, 0.3) is 0 Å². The van der Waals surface area contributed by atoms with E-state index in [0.717, 1.165) is 40.7 Å². The van der Waals surface area contributed by atoms with Crippen molar-refractivity contribution in [2.45, 2.75) is 56.7 Å². The van der Waals surface area contributed by atoms with E-state index in [4.69, 9.17) is 4.74 Å². The smallest absolute Gasteiger partial charge is 0.407 e. The highest BCUT2D eigenvalue weighted by Crippen LogP contribution is 2.44. The Morgan fingerprint density at radius 1 is 0.952 bits per heavy atom. The number of benzene rings is 3. The molecule has 1 saturated carbocycles. The Labute approximate surface area is 247 Å². The summed E-state index contributed by atoms with van der Waals surface area (Å²) in [6.45, 7) is 2.75. The van der Waals surface area contributed by atoms with Gasteiger partial charge in [-0.25, -0.2) is 9.59 Å². The summed E-state index contributed by atoms with van der Waals surface area (Å²) in [5.74, 6) is -2.10. The van der Waals surface area contributed by atoms with Crippen molar-refractivity contribution in [2.24, 2.45) is 5.92 Å². The van der Waals surface area contributed by atoms with Crippen molar-refractivity contribution in [2.75, 3.05) is 20.2 Å². The molecule has 0 radical (unpaired) electrons. The first kappa shape index (κ1) is 29.3. The Hall–Kier alpha value is -4.17. The molecular weight excluding hydrogens is 530 g/mol. The van der Waals surface area contributed by atoms with Crippen LogP contribution in [0.25, 0.3) is 11.1 Å². The van der Waals surface area contributed by atoms with E-state index >= 15 is 0 Å². The van der Waals surface area contributed by atoms with Crippen LogP contribution < -0.4 is 10.6 Å². The van der Waals surface area contributed by atoms with Crippen molar-refractivity contribution in [3.05, 3.63) is 95.6 Å². The van der Waals surface area contributed by atoms with Crippen molar-refractivity contribution < 1.29 is 24.2 Å². The highest BCUT2D eigenvalue weighted by Gasteiger charge is 2.43. The molecule has 220 valence electrons. The van der Waals surface area contributed by atoms with Gasteiger partial charge in [-0.05, 0) is 54.6 Å². The lowest BCUT2D eigenvalue weighted by Gasteiger charge is -2.41. The maximum atomic E-state index is 13.5. The second-order valence-corrected chi connectivity index (χ2v) is 11.7. The zero-order valence-corrected chi connectivity index (χ0v) is 24.2. The fourth-order valence-corrected chi connectivity index (χ4v) is 6.50. The van der Waals surface area contributed by atoms with Crippen LogP contribution in [0.3, 0.4) is 0 Å². The molecule has 0 aliphatic heterocycles. The summed E-state index contributed by atoms with van der Waals surface area (Å²) >= 11 is 0. The van der Waals surface area contributed by atoms with Gasteiger partial charge in [0.05, 0.1) is 11.5 Å². The standard InChI is InChI=1S/C34H39N3O5/c1-34(36-33(41)42-22-28-26-16-8-6-14-24(26)25-15-7-9-17-27(25)28)19-11-10-18-29(34)31(38)35-30(32(39)40)21-37(2)20-23-12-4-3-5-13-23/h3-9,12-17,28-30H,10-11,18-22H2,1-2H3,(H,35,38)(H,36,41)(H,39,40). The summed E-state index contributed by atoms with van der Waals surface area (Å²) in [5.41, 5.74) is 4.77. The molecule has 0 bridgehead atoms. The third-order valence-electron chi connectivity index (χ3n) is 8.66. The molecule has 2 aliphatic rings. The van der Waals surface area contributed by atoms with E-state index in [1.54, 1.807) is 0 Å². The number of hydrogen-bond donors (Lipinski definition) is 3. The SMILES string of the molecule is CN(Cc1ccccc1)CC(NC(=O)C1CCCCC1(C)NC(=O)OCC1c2ccccc2-c2ccccc21)C(=O)O. The summed E-state index contributed by atoms with van der Waals surface area (Å²) in [4.78, 5) is 40.6. The van der Waals surface area contributed by atoms with Crippen LogP contribution in [0.5, 0.6) is 0 Å². The normalized spacial score (nSPS) is 20.3. The number of fused-ring (bicyclic) bond motifs is 3. The van der Waals surface area contributed by atoms with Crippen LogP contribution in [0.1, 0.15) is 55.2 Å². The van der Waals surface area contributed by atoms with E-state index in [0.29, 0.717) is 19.4 Å². The average molecular weight is 570 g/mol. The predicted octanol–water partition coefficient (Wildman–Crippen LogP) is 5.18. The molecule has 0 saturated heterocycles. The van der Waals surface area contributed by atoms with Crippen LogP contribution in [0.15, 0.2) is 78.9 Å². The zero-order valence-electron chi connectivity index (χ0n) is 24.2. The number of amides is 2. The lowest BCUT2D eigenvalue weighted by molar-refractivity contribution is -0.143. The molecule has 3 N–H and O–H groups in total. The van der Waals surface area contributed by atoms with Crippen LogP contribution in [-0.4, -0.2) is 59.8 Å². The Bertz CT molecular complexity index is 1380. The first-order valence-electron chi connectivity index (χ1n) is 14.6. The van der Waals surface area contributed by atoms with Gasteiger partial charge >= 0.3 is 12.1 Å². The minimum absolute atomic E-state index is 0.0643. The largest absolute Gasteiger partial charge is 0.480 e. The van der Waals surface area contributed by atoms with Crippen molar-refractivity contribution >= 4 is 18.0 Å². The second-order valence-electron chi connectivity index (χ2n) is 11.7. The predicted molar refractivity (Wildman–Crippen MR) is 161 cm³/mol. The van der Waals surface area contributed by atoms with E-state index in [1.807, 2.05) is 73.5 Å². The molecule has 2 amide bonds. The van der Waals surface area contributed by atoms with Gasteiger partial charge in [0.15, 0.2) is 0 Å². The quantitative estimate of drug-likeness (QED) is 0.311. The van der Waals surface area contributed by atoms with Crippen LogP contribution in [0, 0.1) is 5.92 Å². The maximum absolute atomic E-state index is 13.5. The Balaban J connectivity index is 1.21. The second kappa shape index (κ2) is 12.8. The fraction of sp³-hybridized carbons (Fsp3) is 0.382. The summed E-state index contributed by atoms with van der Waals surface area (Å²) < 4.78 is 5.78. The summed E-state index contributed by atoms with van der Waals surface area (Å²) in [7, 11) is 1.83. The number of carbonyl (C=O) groups excluding carboxylic acids is 2. The number of likely N-dealkylation sites (N-methyl/N-ethyl adjacent to an activating group) is 1. The van der Waals surface area contributed by atoms with Gasteiger partial charge in [-0.1, -0.05) is 91.7 Å². The number of nitrogens with zero attached hydrogens (tertiary/aromatic N) is 1. The van der Waals surface area contributed by atoms with Gasteiger partial charge in [-0.2, -0.15) is 0 Å². The third kappa shape index (κ3) is 6.49. The number of carboxylic acid groups (broad SMARTS) is 1. The average Bonchev–Trinajstić information content (AvgIpc) is 3.29. The van der Waals surface area contributed by atoms with Crippen LogP contribution in [0.4, 0.5) is 4.79 Å². The molecular formula is C34H39N3O5. The Morgan fingerprint density at radius 3 is 2.21 bits per heavy atom. The topological polar surface area (TPSA) is 108 Å². The van der Waals surface area contributed by atoms with Crippen LogP contribution in [-0.2, 0) is 20.9 Å². The maximum Gasteiger partial charge on any atom is 0.407 e. The summed E-state index contributed by atoms with van der Waals surface area (Å²) in [5, 5.41) is 15.6. The minimum Gasteiger partial charge on any atom is -0.480 e. The number of alkyl carbamates (subject to hydrolysis) is 1. The van der Waals surface area contributed by atoms with Crippen molar-refractivity contribution in [1.29, 1.82) is 0 Å². The Kier molecular flexibility index (Phi) is 8.92. The van der Waals surface area contributed by atoms with E-state index in [1.165, 1.54) is 0 Å². The Morgan fingerprint density at radius 2 is 1.57 bits per heavy atom. The van der Waals surface area contributed by atoms with Gasteiger partial charge in [-0.15, -0.1) is 0 Å². The summed E-state index contributed by atoms with van der Waals surface area (Å²) in [6, 6.07) is 25.0. The molecule has 3 atom stereocenters. The molecule has 5 rings (SSSR count). The van der Waals surface area contributed by atoms with Crippen LogP contribution in [0.2, 0.25) is 0 Å². The highest BCUT2D eigenvalue weighted by molar-refractivity contribution is 5.86. The third-order valence-corrected chi connectivity index (χ3v) is 8.66. The molecule has 8 heteroatoms. The summed E-state index contributed by atoms with van der Waals surface area (Å²) in [6.07, 6.45) is 2.26. The molecule has 0 aromatic heterocycles. The lowest BCUT2D eigenvalue weighted by atomic mass is 9.73. The molecule has 1 fully saturated rings. The van der Waals surface area contributed by atoms with E-state index in [9.17, 15) is 19.5 Å². The fourth-order valence-electron chi connectivity index (χ4n) is 6.50. The number of hydrogen-bond acceptors (Lipinski definition) is 5. The van der Waals surface area contributed by atoms with E-state index in [2.05, 4.69) is 34.9 Å². The molecule has 8 nitrogen and oxygen atoms in total. The van der Waals surface area contributed by atoms with Crippen LogP contribution >= 0.6 is 0 Å². The monoisotopic (exact) mass is 569 g/mol. The van der Waals surface area contributed by atoms with Crippen molar-refractivity contribution in [3.63, 3.8) is 0 Å². The molecule has 42 heavy (non-hydrogen) atoms. The zero-order chi connectivity index (χ0) is 29.7. The van der Waals surface area contributed by atoms with Crippen molar-refractivity contribution in [1.82, 2.24) is 15.5 Å². The molecule has 2 aliphatic carbocycles. The first-order valence-corrected chi connectivity index (χ1v) is 14.6. The molecule has 3 unspecified atom stereocenters. The van der Waals surface area contributed by atoms with Gasteiger partial charge in [0.1, 0.15) is 12.6 Å². The first-order chi connectivity index (χ1) is 20.2. The van der Waals surface area contributed by atoms with Gasteiger partial charge in [0, 0.05) is 19.0 Å². The molecule has 3 aromatic carbocycles. The number of carbonyl (C=O) groups is 3. The number of ether oxygens (including phenoxy) is 1. The van der Waals surface area contributed by atoms with E-state index in [-0.39, 0.29) is 25.0 Å². The molecule has 0 heterocycles. The molecule has 3 aromatic rings. The van der Waals surface area contributed by atoms with Gasteiger partial charge < -0.3 is 20.5 Å². The van der Waals surface area contributed by atoms with Gasteiger partial charge in [-0.3, -0.25) is 9.69 Å². The molecule has 0 spiro atoms.